The second kappa shape index (κ2) is 6.00. The van der Waals surface area contributed by atoms with Crippen LogP contribution >= 0.6 is 0 Å². The van der Waals surface area contributed by atoms with Crippen molar-refractivity contribution in [3.63, 3.8) is 0 Å². The van der Waals surface area contributed by atoms with Crippen LogP contribution in [0.2, 0.25) is 0 Å². The zero-order valence-corrected chi connectivity index (χ0v) is 8.53. The highest BCUT2D eigenvalue weighted by atomic mass is 16.6. The lowest BCUT2D eigenvalue weighted by atomic mass is 10.3. The Bertz CT molecular complexity index is 328. The van der Waals surface area contributed by atoms with Gasteiger partial charge in [-0.15, -0.1) is 0 Å². The summed E-state index contributed by atoms with van der Waals surface area (Å²) in [4.78, 5) is 15.4. The molecule has 0 aliphatic heterocycles. The first-order chi connectivity index (χ1) is 7.27. The average Bonchev–Trinajstić information content (AvgIpc) is 2.21. The molecule has 0 unspecified atom stereocenters. The molecule has 0 fully saturated rings. The van der Waals surface area contributed by atoms with Crippen LogP contribution in [-0.4, -0.2) is 19.1 Å². The largest absolute Gasteiger partial charge is 0.492 e. The quantitative estimate of drug-likeness (QED) is 0.708. The summed E-state index contributed by atoms with van der Waals surface area (Å²) >= 11 is 0. The Morgan fingerprint density at radius 1 is 1.47 bits per heavy atom. The summed E-state index contributed by atoms with van der Waals surface area (Å²) in [7, 11) is 0. The molecule has 0 aliphatic carbocycles. The molecule has 1 aromatic carbocycles. The maximum atomic E-state index is 11.2. The molecule has 0 aromatic heterocycles. The third-order valence-corrected chi connectivity index (χ3v) is 1.68. The Morgan fingerprint density at radius 2 is 2.20 bits per heavy atom. The number of nitrogens with two attached hydrogens (primary N) is 1. The van der Waals surface area contributed by atoms with E-state index in [2.05, 4.69) is 10.2 Å². The number of hydrogen-bond acceptors (Lipinski definition) is 4. The minimum absolute atomic E-state index is 0.180. The number of para-hydroxylation sites is 2. The molecule has 0 atom stereocenters. The van der Waals surface area contributed by atoms with Gasteiger partial charge in [0.1, 0.15) is 12.4 Å². The molecule has 1 amide bonds. The molecule has 0 saturated heterocycles. The monoisotopic (exact) mass is 210 g/mol. The Labute approximate surface area is 88.1 Å². The third-order valence-electron chi connectivity index (χ3n) is 1.68. The SMILES string of the molecule is CCOc1ccccc1NC(=O)CON. The van der Waals surface area contributed by atoms with E-state index in [1.807, 2.05) is 13.0 Å². The maximum Gasteiger partial charge on any atom is 0.252 e. The number of hydrogen-bond donors (Lipinski definition) is 2. The number of amides is 1. The predicted octanol–water partition coefficient (Wildman–Crippen LogP) is 0.914. The van der Waals surface area contributed by atoms with Gasteiger partial charge in [0.15, 0.2) is 0 Å². The highest BCUT2D eigenvalue weighted by Crippen LogP contribution is 2.23. The van der Waals surface area contributed by atoms with Crippen LogP contribution in [0.3, 0.4) is 0 Å². The number of benzene rings is 1. The van der Waals surface area contributed by atoms with Gasteiger partial charge in [-0.3, -0.25) is 9.63 Å². The van der Waals surface area contributed by atoms with Gasteiger partial charge >= 0.3 is 0 Å². The maximum absolute atomic E-state index is 11.2. The minimum atomic E-state index is -0.315. The Hall–Kier alpha value is -1.59. The van der Waals surface area contributed by atoms with E-state index in [0.29, 0.717) is 18.0 Å². The Morgan fingerprint density at radius 3 is 2.87 bits per heavy atom. The number of nitrogens with one attached hydrogen (secondary N) is 1. The van der Waals surface area contributed by atoms with Crippen molar-refractivity contribution in [2.24, 2.45) is 5.90 Å². The molecule has 0 radical (unpaired) electrons. The molecule has 82 valence electrons. The van der Waals surface area contributed by atoms with Gasteiger partial charge in [0.2, 0.25) is 0 Å². The molecule has 5 nitrogen and oxygen atoms in total. The first kappa shape index (κ1) is 11.5. The smallest absolute Gasteiger partial charge is 0.252 e. The fraction of sp³-hybridized carbons (Fsp3) is 0.300. The summed E-state index contributed by atoms with van der Waals surface area (Å²) in [5.41, 5.74) is 0.612. The van der Waals surface area contributed by atoms with E-state index in [1.165, 1.54) is 0 Å². The van der Waals surface area contributed by atoms with E-state index >= 15 is 0 Å². The minimum Gasteiger partial charge on any atom is -0.492 e. The van der Waals surface area contributed by atoms with E-state index in [4.69, 9.17) is 10.6 Å². The van der Waals surface area contributed by atoms with Crippen LogP contribution in [0.4, 0.5) is 5.69 Å². The van der Waals surface area contributed by atoms with E-state index in [9.17, 15) is 4.79 Å². The lowest BCUT2D eigenvalue weighted by molar-refractivity contribution is -0.120. The lowest BCUT2D eigenvalue weighted by Gasteiger charge is -2.10. The van der Waals surface area contributed by atoms with E-state index in [-0.39, 0.29) is 12.5 Å². The molecule has 0 heterocycles. The van der Waals surface area contributed by atoms with Gasteiger partial charge in [0.05, 0.1) is 12.3 Å². The van der Waals surface area contributed by atoms with Gasteiger partial charge in [-0.05, 0) is 19.1 Å². The van der Waals surface area contributed by atoms with Crippen molar-refractivity contribution in [3.05, 3.63) is 24.3 Å². The molecule has 1 rings (SSSR count). The number of ether oxygens (including phenoxy) is 1. The van der Waals surface area contributed by atoms with Gasteiger partial charge in [0, 0.05) is 0 Å². The van der Waals surface area contributed by atoms with Crippen molar-refractivity contribution in [1.29, 1.82) is 0 Å². The topological polar surface area (TPSA) is 73.6 Å². The molecule has 0 saturated carbocycles. The van der Waals surface area contributed by atoms with Crippen LogP contribution in [-0.2, 0) is 9.63 Å². The van der Waals surface area contributed by atoms with Gasteiger partial charge in [-0.1, -0.05) is 12.1 Å². The first-order valence-corrected chi connectivity index (χ1v) is 4.61. The molecule has 1 aromatic rings. The second-order valence-corrected chi connectivity index (χ2v) is 2.79. The third kappa shape index (κ3) is 3.57. The summed E-state index contributed by atoms with van der Waals surface area (Å²) in [6.07, 6.45) is 0. The molecular formula is C10H14N2O3. The van der Waals surface area contributed by atoms with E-state index in [1.54, 1.807) is 18.2 Å². The molecule has 3 N–H and O–H groups in total. The molecular weight excluding hydrogens is 196 g/mol. The van der Waals surface area contributed by atoms with Gasteiger partial charge < -0.3 is 10.1 Å². The van der Waals surface area contributed by atoms with Crippen molar-refractivity contribution >= 4 is 11.6 Å². The number of carbonyl (C=O) groups excluding carboxylic acids is 1. The molecule has 0 bridgehead atoms. The van der Waals surface area contributed by atoms with Crippen LogP contribution < -0.4 is 16.0 Å². The summed E-state index contributed by atoms with van der Waals surface area (Å²) in [5.74, 6) is 5.10. The second-order valence-electron chi connectivity index (χ2n) is 2.79. The van der Waals surface area contributed by atoms with Crippen LogP contribution in [0.25, 0.3) is 0 Å². The van der Waals surface area contributed by atoms with Crippen LogP contribution in [0.15, 0.2) is 24.3 Å². The van der Waals surface area contributed by atoms with E-state index in [0.717, 1.165) is 0 Å². The van der Waals surface area contributed by atoms with Crippen molar-refractivity contribution in [2.45, 2.75) is 6.92 Å². The van der Waals surface area contributed by atoms with Crippen molar-refractivity contribution in [3.8, 4) is 5.75 Å². The molecule has 0 spiro atoms. The van der Waals surface area contributed by atoms with Crippen LogP contribution in [0, 0.1) is 0 Å². The molecule has 5 heteroatoms. The number of carbonyl (C=O) groups is 1. The van der Waals surface area contributed by atoms with Gasteiger partial charge in [0.25, 0.3) is 5.91 Å². The lowest BCUT2D eigenvalue weighted by Crippen LogP contribution is -2.20. The summed E-state index contributed by atoms with van der Waals surface area (Å²) in [6.45, 7) is 2.24. The molecule has 15 heavy (non-hydrogen) atoms. The summed E-state index contributed by atoms with van der Waals surface area (Å²) in [5, 5.41) is 2.63. The number of rotatable bonds is 5. The van der Waals surface area contributed by atoms with Crippen molar-refractivity contribution in [2.75, 3.05) is 18.5 Å². The zero-order valence-electron chi connectivity index (χ0n) is 8.53. The Balaban J connectivity index is 2.70. The van der Waals surface area contributed by atoms with Gasteiger partial charge in [-0.2, -0.15) is 0 Å². The van der Waals surface area contributed by atoms with Gasteiger partial charge in [-0.25, -0.2) is 5.90 Å². The van der Waals surface area contributed by atoms with Crippen LogP contribution in [0.1, 0.15) is 6.92 Å². The summed E-state index contributed by atoms with van der Waals surface area (Å²) in [6, 6.07) is 7.17. The van der Waals surface area contributed by atoms with E-state index < -0.39 is 0 Å². The zero-order chi connectivity index (χ0) is 11.1. The predicted molar refractivity (Wildman–Crippen MR) is 56.4 cm³/mol. The first-order valence-electron chi connectivity index (χ1n) is 4.61. The standard InChI is InChI=1S/C10H14N2O3/c1-2-14-9-6-4-3-5-8(9)12-10(13)7-15-11/h3-6H,2,7,11H2,1H3,(H,12,13). The normalized spacial score (nSPS) is 9.73. The van der Waals surface area contributed by atoms with Crippen LogP contribution in [0.5, 0.6) is 5.75 Å². The highest BCUT2D eigenvalue weighted by Gasteiger charge is 2.06. The number of anilines is 1. The Kier molecular flexibility index (Phi) is 4.59. The average molecular weight is 210 g/mol. The fourth-order valence-electron chi connectivity index (χ4n) is 1.11. The summed E-state index contributed by atoms with van der Waals surface area (Å²) < 4.78 is 5.33. The van der Waals surface area contributed by atoms with Crippen molar-refractivity contribution in [1.82, 2.24) is 0 Å². The molecule has 0 aliphatic rings. The fourth-order valence-corrected chi connectivity index (χ4v) is 1.11. The van der Waals surface area contributed by atoms with Crippen molar-refractivity contribution < 1.29 is 14.4 Å². The highest BCUT2D eigenvalue weighted by molar-refractivity contribution is 5.93.